The average Bonchev–Trinajstić information content (AvgIpc) is 3.10. The van der Waals surface area contributed by atoms with E-state index in [1.54, 1.807) is 0 Å². The highest BCUT2D eigenvalue weighted by atomic mass is 16.3. The summed E-state index contributed by atoms with van der Waals surface area (Å²) in [6, 6.07) is 6.13. The second kappa shape index (κ2) is 8.23. The van der Waals surface area contributed by atoms with E-state index in [1.165, 1.54) is 43.2 Å². The van der Waals surface area contributed by atoms with Crippen LogP contribution in [0.1, 0.15) is 96.1 Å². The van der Waals surface area contributed by atoms with Crippen LogP contribution in [-0.2, 0) is 6.42 Å². The first-order chi connectivity index (χ1) is 14.3. The number of aryl methyl sites for hydroxylation is 1. The molecule has 0 amide bonds. The van der Waals surface area contributed by atoms with Crippen LogP contribution < -0.4 is 5.73 Å². The third kappa shape index (κ3) is 3.69. The van der Waals surface area contributed by atoms with Gasteiger partial charge in [-0.05, 0) is 110 Å². The second-order valence-corrected chi connectivity index (χ2v) is 10.9. The molecule has 0 saturated heterocycles. The van der Waals surface area contributed by atoms with Gasteiger partial charge in [0, 0.05) is 6.42 Å². The summed E-state index contributed by atoms with van der Waals surface area (Å²) in [6.45, 7) is 9.33. The van der Waals surface area contributed by atoms with Crippen molar-refractivity contribution in [2.75, 3.05) is 0 Å². The summed E-state index contributed by atoms with van der Waals surface area (Å²) in [5.74, 6) is 11.1. The highest BCUT2D eigenvalue weighted by molar-refractivity contribution is 5.40. The lowest BCUT2D eigenvalue weighted by atomic mass is 9.53. The SMILES string of the molecule is CCC(N)(C#CC[C@H](C)[C@H]1CC[C@H]2[C@@H]3CCc4cc(O)ccc4[C@H]3CC[C@]12C)CC. The summed E-state index contributed by atoms with van der Waals surface area (Å²) >= 11 is 0. The first-order valence-corrected chi connectivity index (χ1v) is 12.4. The lowest BCUT2D eigenvalue weighted by Gasteiger charge is -2.52. The van der Waals surface area contributed by atoms with E-state index in [1.807, 2.05) is 12.1 Å². The van der Waals surface area contributed by atoms with E-state index in [2.05, 4.69) is 45.6 Å². The van der Waals surface area contributed by atoms with Gasteiger partial charge < -0.3 is 10.8 Å². The fourth-order valence-electron chi connectivity index (χ4n) is 7.50. The van der Waals surface area contributed by atoms with E-state index in [0.717, 1.165) is 43.4 Å². The van der Waals surface area contributed by atoms with Gasteiger partial charge in [0.05, 0.1) is 5.54 Å². The number of hydrogen-bond donors (Lipinski definition) is 2. The van der Waals surface area contributed by atoms with Crippen LogP contribution in [0.3, 0.4) is 0 Å². The molecule has 0 heterocycles. The molecule has 0 radical (unpaired) electrons. The minimum atomic E-state index is -0.302. The van der Waals surface area contributed by atoms with Crippen LogP contribution in [0, 0.1) is 40.9 Å². The third-order valence-corrected chi connectivity index (χ3v) is 9.49. The molecule has 164 valence electrons. The Labute approximate surface area is 184 Å². The van der Waals surface area contributed by atoms with Gasteiger partial charge in [0.1, 0.15) is 5.75 Å². The van der Waals surface area contributed by atoms with E-state index < -0.39 is 0 Å². The van der Waals surface area contributed by atoms with Gasteiger partial charge in [0.25, 0.3) is 0 Å². The molecule has 0 aliphatic heterocycles. The third-order valence-electron chi connectivity index (χ3n) is 9.49. The lowest BCUT2D eigenvalue weighted by Crippen LogP contribution is -2.43. The summed E-state index contributed by atoms with van der Waals surface area (Å²) < 4.78 is 0. The largest absolute Gasteiger partial charge is 0.508 e. The Hall–Kier alpha value is -1.46. The van der Waals surface area contributed by atoms with Gasteiger partial charge >= 0.3 is 0 Å². The normalized spacial score (nSPS) is 33.6. The van der Waals surface area contributed by atoms with Gasteiger partial charge in [-0.3, -0.25) is 0 Å². The van der Waals surface area contributed by atoms with Crippen LogP contribution in [0.15, 0.2) is 18.2 Å². The Morgan fingerprint density at radius 1 is 1.20 bits per heavy atom. The maximum atomic E-state index is 9.91. The number of fused-ring (bicyclic) bond motifs is 5. The minimum Gasteiger partial charge on any atom is -0.508 e. The van der Waals surface area contributed by atoms with Crippen molar-refractivity contribution in [1.29, 1.82) is 0 Å². The zero-order valence-corrected chi connectivity index (χ0v) is 19.5. The van der Waals surface area contributed by atoms with Crippen molar-refractivity contribution in [2.45, 2.75) is 96.9 Å². The smallest absolute Gasteiger partial charge is 0.115 e. The van der Waals surface area contributed by atoms with Crippen molar-refractivity contribution in [3.8, 4) is 17.6 Å². The molecule has 3 aliphatic carbocycles. The maximum Gasteiger partial charge on any atom is 0.115 e. The fourth-order valence-corrected chi connectivity index (χ4v) is 7.50. The lowest BCUT2D eigenvalue weighted by molar-refractivity contribution is 0.0122. The first-order valence-electron chi connectivity index (χ1n) is 12.4. The fraction of sp³-hybridized carbons (Fsp3) is 0.714. The number of phenolic OH excluding ortho intramolecular Hbond substituents is 1. The van der Waals surface area contributed by atoms with Gasteiger partial charge in [-0.15, -0.1) is 5.92 Å². The van der Waals surface area contributed by atoms with Crippen LogP contribution in [0.4, 0.5) is 0 Å². The summed E-state index contributed by atoms with van der Waals surface area (Å²) in [5, 5.41) is 9.91. The standard InChI is InChI=1S/C28H41NO/c1-5-28(29,6-2)16-7-8-19(3)25-13-14-26-24-11-9-20-18-21(30)10-12-22(20)23(24)15-17-27(25,26)4/h10,12,18-19,23-26,30H,5-6,8-9,11,13-15,17,29H2,1-4H3/t19-,23+,24+,25+,26-,27+/m0/s1. The molecular formula is C28H41NO. The van der Waals surface area contributed by atoms with E-state index in [9.17, 15) is 5.11 Å². The maximum absolute atomic E-state index is 9.91. The number of hydrogen-bond acceptors (Lipinski definition) is 2. The van der Waals surface area contributed by atoms with E-state index in [-0.39, 0.29) is 5.54 Å². The first kappa shape index (κ1) is 21.8. The number of phenols is 1. The molecule has 1 aromatic carbocycles. The highest BCUT2D eigenvalue weighted by Crippen LogP contribution is 2.64. The number of rotatable bonds is 4. The number of aromatic hydroxyl groups is 1. The quantitative estimate of drug-likeness (QED) is 0.566. The van der Waals surface area contributed by atoms with Gasteiger partial charge in [-0.2, -0.15) is 0 Å². The predicted molar refractivity (Wildman–Crippen MR) is 125 cm³/mol. The Balaban J connectivity index is 1.49. The molecule has 0 spiro atoms. The van der Waals surface area contributed by atoms with Crippen LogP contribution in [-0.4, -0.2) is 10.6 Å². The van der Waals surface area contributed by atoms with E-state index >= 15 is 0 Å². The van der Waals surface area contributed by atoms with Crippen LogP contribution in [0.5, 0.6) is 5.75 Å². The molecule has 0 unspecified atom stereocenters. The topological polar surface area (TPSA) is 46.2 Å². The van der Waals surface area contributed by atoms with Crippen LogP contribution >= 0.6 is 0 Å². The second-order valence-electron chi connectivity index (χ2n) is 10.9. The molecule has 2 fully saturated rings. The average molecular weight is 408 g/mol. The molecule has 4 rings (SSSR count). The number of nitrogens with two attached hydrogens (primary N) is 1. The van der Waals surface area contributed by atoms with E-state index in [0.29, 0.717) is 23.0 Å². The molecule has 1 aromatic rings. The molecule has 30 heavy (non-hydrogen) atoms. The monoisotopic (exact) mass is 407 g/mol. The van der Waals surface area contributed by atoms with Crippen LogP contribution in [0.2, 0.25) is 0 Å². The van der Waals surface area contributed by atoms with E-state index in [4.69, 9.17) is 5.73 Å². The van der Waals surface area contributed by atoms with Crippen molar-refractivity contribution in [3.05, 3.63) is 29.3 Å². The molecule has 0 aromatic heterocycles. The molecule has 0 bridgehead atoms. The predicted octanol–water partition coefficient (Wildman–Crippen LogP) is 6.41. The Morgan fingerprint density at radius 2 is 1.97 bits per heavy atom. The van der Waals surface area contributed by atoms with Gasteiger partial charge in [-0.25, -0.2) is 0 Å². The highest BCUT2D eigenvalue weighted by Gasteiger charge is 2.55. The summed E-state index contributed by atoms with van der Waals surface area (Å²) in [7, 11) is 0. The summed E-state index contributed by atoms with van der Waals surface area (Å²) in [6.07, 6.45) is 10.7. The van der Waals surface area contributed by atoms with Crippen LogP contribution in [0.25, 0.3) is 0 Å². The molecule has 2 heteroatoms. The molecule has 2 saturated carbocycles. The summed E-state index contributed by atoms with van der Waals surface area (Å²) in [4.78, 5) is 0. The Morgan fingerprint density at radius 3 is 2.70 bits per heavy atom. The Kier molecular flexibility index (Phi) is 5.97. The van der Waals surface area contributed by atoms with Crippen molar-refractivity contribution in [1.82, 2.24) is 0 Å². The summed E-state index contributed by atoms with van der Waals surface area (Å²) in [5.41, 5.74) is 9.50. The molecule has 2 nitrogen and oxygen atoms in total. The van der Waals surface area contributed by atoms with Crippen molar-refractivity contribution >= 4 is 0 Å². The molecule has 6 atom stereocenters. The number of benzene rings is 1. The van der Waals surface area contributed by atoms with Crippen molar-refractivity contribution in [2.24, 2.45) is 34.8 Å². The zero-order chi connectivity index (χ0) is 21.5. The molecular weight excluding hydrogens is 366 g/mol. The molecule has 3 aliphatic rings. The molecule has 3 N–H and O–H groups in total. The zero-order valence-electron chi connectivity index (χ0n) is 19.5. The van der Waals surface area contributed by atoms with Gasteiger partial charge in [-0.1, -0.05) is 39.7 Å². The van der Waals surface area contributed by atoms with Gasteiger partial charge in [0.2, 0.25) is 0 Å². The van der Waals surface area contributed by atoms with Crippen molar-refractivity contribution in [3.63, 3.8) is 0 Å². The Bertz CT molecular complexity index is 829. The minimum absolute atomic E-state index is 0.302. The van der Waals surface area contributed by atoms with Crippen molar-refractivity contribution < 1.29 is 5.11 Å². The van der Waals surface area contributed by atoms with Gasteiger partial charge in [0.15, 0.2) is 0 Å².